The maximum atomic E-state index is 13.1. The highest BCUT2D eigenvalue weighted by molar-refractivity contribution is 8.03. The van der Waals surface area contributed by atoms with Gasteiger partial charge in [0.25, 0.3) is 0 Å². The van der Waals surface area contributed by atoms with Gasteiger partial charge in [-0.05, 0) is 64.8 Å². The van der Waals surface area contributed by atoms with Crippen LogP contribution in [0.5, 0.6) is 0 Å². The minimum atomic E-state index is -0.902. The average Bonchev–Trinajstić information content (AvgIpc) is 2.78. The summed E-state index contributed by atoms with van der Waals surface area (Å²) >= 11 is 1.59. The van der Waals surface area contributed by atoms with Crippen LogP contribution in [0.25, 0.3) is 10.8 Å². The van der Waals surface area contributed by atoms with E-state index >= 15 is 0 Å². The molecule has 31 heavy (non-hydrogen) atoms. The van der Waals surface area contributed by atoms with Gasteiger partial charge in [-0.15, -0.1) is 11.8 Å². The number of nitrogens with zero attached hydrogens (tertiary/aromatic N) is 1. The summed E-state index contributed by atoms with van der Waals surface area (Å²) in [6, 6.07) is 21.2. The van der Waals surface area contributed by atoms with Crippen molar-refractivity contribution in [2.45, 2.75) is 19.4 Å². The lowest BCUT2D eigenvalue weighted by atomic mass is 10.1. The maximum Gasteiger partial charge on any atom is 0.338 e. The molecular weight excluding hydrogens is 409 g/mol. The fourth-order valence-electron chi connectivity index (χ4n) is 3.74. The summed E-state index contributed by atoms with van der Waals surface area (Å²) in [6.07, 6.45) is 5.35. The minimum Gasteiger partial charge on any atom is -0.478 e. The molecule has 1 aliphatic rings. The van der Waals surface area contributed by atoms with E-state index in [-0.39, 0.29) is 5.82 Å². The number of carbonyl (C=O) groups is 1. The predicted molar refractivity (Wildman–Crippen MR) is 125 cm³/mol. The van der Waals surface area contributed by atoms with Gasteiger partial charge in [-0.2, -0.15) is 0 Å². The highest BCUT2D eigenvalue weighted by atomic mass is 32.2. The van der Waals surface area contributed by atoms with E-state index in [2.05, 4.69) is 35.2 Å². The second kappa shape index (κ2) is 9.84. The Labute approximate surface area is 185 Å². The molecule has 0 radical (unpaired) electrons. The number of carboxylic acid groups (broad SMARTS) is 1. The third kappa shape index (κ3) is 5.36. The summed E-state index contributed by atoms with van der Waals surface area (Å²) in [7, 11) is 0. The van der Waals surface area contributed by atoms with Crippen LogP contribution < -0.4 is 0 Å². The Balaban J connectivity index is 1.46. The fraction of sp³-hybridized carbons (Fsp3) is 0.192. The van der Waals surface area contributed by atoms with Crippen LogP contribution in [0.4, 0.5) is 4.39 Å². The molecule has 0 saturated carbocycles. The van der Waals surface area contributed by atoms with Gasteiger partial charge in [-0.3, -0.25) is 0 Å². The van der Waals surface area contributed by atoms with Crippen LogP contribution >= 0.6 is 11.8 Å². The molecule has 0 atom stereocenters. The first kappa shape index (κ1) is 21.2. The molecule has 158 valence electrons. The number of fused-ring (bicyclic) bond motifs is 1. The van der Waals surface area contributed by atoms with Gasteiger partial charge >= 0.3 is 5.97 Å². The van der Waals surface area contributed by atoms with Gasteiger partial charge in [0.05, 0.1) is 10.6 Å². The minimum absolute atomic E-state index is 0.229. The van der Waals surface area contributed by atoms with Crippen molar-refractivity contribution in [2.75, 3.05) is 12.3 Å². The standard InChI is InChI=1S/C26H24FNO2S/c27-23-13-10-19(11-14-23)5-4-16-31-25-24(26(29)30)8-3-15-28(25)18-20-9-12-21-6-1-2-7-22(21)17-20/h1-3,6-14,17H,4-5,15-16,18H2,(H,29,30). The van der Waals surface area contributed by atoms with Gasteiger partial charge in [0.15, 0.2) is 0 Å². The van der Waals surface area contributed by atoms with E-state index in [1.54, 1.807) is 30.0 Å². The smallest absolute Gasteiger partial charge is 0.338 e. The van der Waals surface area contributed by atoms with E-state index in [0.29, 0.717) is 18.7 Å². The van der Waals surface area contributed by atoms with Crippen LogP contribution in [0.1, 0.15) is 17.5 Å². The topological polar surface area (TPSA) is 40.5 Å². The first-order chi connectivity index (χ1) is 15.1. The average molecular weight is 434 g/mol. The van der Waals surface area contributed by atoms with Crippen LogP contribution in [0.2, 0.25) is 0 Å². The first-order valence-corrected chi connectivity index (χ1v) is 11.3. The van der Waals surface area contributed by atoms with E-state index in [4.69, 9.17) is 0 Å². The number of carboxylic acids is 1. The number of rotatable bonds is 8. The highest BCUT2D eigenvalue weighted by Gasteiger charge is 2.21. The molecule has 0 bridgehead atoms. The second-order valence-corrected chi connectivity index (χ2v) is 8.65. The fourth-order valence-corrected chi connectivity index (χ4v) is 4.86. The number of thioether (sulfide) groups is 1. The van der Waals surface area contributed by atoms with Crippen molar-refractivity contribution in [3.63, 3.8) is 0 Å². The van der Waals surface area contributed by atoms with E-state index in [9.17, 15) is 14.3 Å². The lowest BCUT2D eigenvalue weighted by molar-refractivity contribution is -0.132. The number of halogens is 1. The Hall–Kier alpha value is -3.05. The normalized spacial score (nSPS) is 13.8. The summed E-state index contributed by atoms with van der Waals surface area (Å²) in [5.41, 5.74) is 2.59. The summed E-state index contributed by atoms with van der Waals surface area (Å²) < 4.78 is 13.1. The van der Waals surface area contributed by atoms with Gasteiger partial charge in [0.1, 0.15) is 5.82 Å². The number of hydrogen-bond acceptors (Lipinski definition) is 3. The van der Waals surface area contributed by atoms with Gasteiger partial charge in [-0.1, -0.05) is 54.6 Å². The van der Waals surface area contributed by atoms with Crippen LogP contribution in [-0.2, 0) is 17.8 Å². The molecule has 1 N–H and O–H groups in total. The summed E-state index contributed by atoms with van der Waals surface area (Å²) in [4.78, 5) is 14.0. The van der Waals surface area contributed by atoms with Crippen LogP contribution in [0.3, 0.4) is 0 Å². The molecule has 1 aliphatic heterocycles. The van der Waals surface area contributed by atoms with Crippen molar-refractivity contribution in [3.8, 4) is 0 Å². The monoisotopic (exact) mass is 433 g/mol. The lowest BCUT2D eigenvalue weighted by Crippen LogP contribution is -2.27. The van der Waals surface area contributed by atoms with Crippen LogP contribution in [-0.4, -0.2) is 28.3 Å². The van der Waals surface area contributed by atoms with E-state index in [1.807, 2.05) is 18.2 Å². The van der Waals surface area contributed by atoms with Crippen molar-refractivity contribution in [3.05, 3.63) is 106 Å². The molecule has 3 nitrogen and oxygen atoms in total. The van der Waals surface area contributed by atoms with Crippen molar-refractivity contribution < 1.29 is 14.3 Å². The molecule has 3 aromatic rings. The Bertz CT molecular complexity index is 1140. The van der Waals surface area contributed by atoms with E-state index in [0.717, 1.165) is 34.8 Å². The number of hydrogen-bond donors (Lipinski definition) is 1. The summed E-state index contributed by atoms with van der Waals surface area (Å²) in [5, 5.41) is 12.9. The second-order valence-electron chi connectivity index (χ2n) is 7.57. The maximum absolute atomic E-state index is 13.1. The van der Waals surface area contributed by atoms with E-state index < -0.39 is 5.97 Å². The molecule has 1 heterocycles. The largest absolute Gasteiger partial charge is 0.478 e. The Kier molecular flexibility index (Phi) is 6.73. The number of aryl methyl sites for hydroxylation is 1. The molecule has 5 heteroatoms. The molecule has 4 rings (SSSR count). The molecule has 0 amide bonds. The lowest BCUT2D eigenvalue weighted by Gasteiger charge is -2.29. The molecule has 0 saturated heterocycles. The van der Waals surface area contributed by atoms with Gasteiger partial charge < -0.3 is 10.0 Å². The quantitative estimate of drug-likeness (QED) is 0.442. The first-order valence-electron chi connectivity index (χ1n) is 10.3. The molecule has 0 aromatic heterocycles. The molecule has 0 aliphatic carbocycles. The zero-order valence-electron chi connectivity index (χ0n) is 17.1. The van der Waals surface area contributed by atoms with Crippen LogP contribution in [0, 0.1) is 5.82 Å². The van der Waals surface area contributed by atoms with Gasteiger partial charge in [-0.25, -0.2) is 9.18 Å². The third-order valence-electron chi connectivity index (χ3n) is 5.31. The zero-order chi connectivity index (χ0) is 21.6. The van der Waals surface area contributed by atoms with Crippen LogP contribution in [0.15, 0.2) is 89.5 Å². The van der Waals surface area contributed by atoms with Crippen molar-refractivity contribution >= 4 is 28.5 Å². The highest BCUT2D eigenvalue weighted by Crippen LogP contribution is 2.31. The Morgan fingerprint density at radius 3 is 2.52 bits per heavy atom. The van der Waals surface area contributed by atoms with Gasteiger partial charge in [0.2, 0.25) is 0 Å². The van der Waals surface area contributed by atoms with Crippen molar-refractivity contribution in [1.82, 2.24) is 4.90 Å². The zero-order valence-corrected chi connectivity index (χ0v) is 17.9. The Morgan fingerprint density at radius 2 is 1.74 bits per heavy atom. The van der Waals surface area contributed by atoms with Gasteiger partial charge in [0, 0.05) is 13.1 Å². The third-order valence-corrected chi connectivity index (χ3v) is 6.55. The van der Waals surface area contributed by atoms with E-state index in [1.165, 1.54) is 22.9 Å². The predicted octanol–water partition coefficient (Wildman–Crippen LogP) is 6.01. The summed E-state index contributed by atoms with van der Waals surface area (Å²) in [5.74, 6) is -0.334. The van der Waals surface area contributed by atoms with Crippen molar-refractivity contribution in [1.29, 1.82) is 0 Å². The molecule has 0 unspecified atom stereocenters. The summed E-state index contributed by atoms with van der Waals surface area (Å²) in [6.45, 7) is 1.34. The Morgan fingerprint density at radius 1 is 1.00 bits per heavy atom. The molecule has 3 aromatic carbocycles. The molecule has 0 spiro atoms. The number of benzene rings is 3. The molecule has 0 fully saturated rings. The van der Waals surface area contributed by atoms with Crippen molar-refractivity contribution in [2.24, 2.45) is 0 Å². The SMILES string of the molecule is O=C(O)C1=C(SCCCc2ccc(F)cc2)N(Cc2ccc3ccccc3c2)CC=C1. The molecular formula is C26H24FNO2S. The number of aliphatic carboxylic acids is 1.